The van der Waals surface area contributed by atoms with Gasteiger partial charge in [0.1, 0.15) is 0 Å². The fourth-order valence-electron chi connectivity index (χ4n) is 1.81. The molecule has 0 spiro atoms. The maximum atomic E-state index is 9.62. The highest BCUT2D eigenvalue weighted by Crippen LogP contribution is 2.29. The van der Waals surface area contributed by atoms with E-state index in [1.807, 2.05) is 13.8 Å². The predicted molar refractivity (Wildman–Crippen MR) is 60.4 cm³/mol. The van der Waals surface area contributed by atoms with Crippen LogP contribution in [0.1, 0.15) is 47.0 Å². The van der Waals surface area contributed by atoms with Crippen molar-refractivity contribution in [2.24, 2.45) is 5.41 Å². The molecule has 0 aromatic heterocycles. The average Bonchev–Trinajstić information content (AvgIpc) is 2.01. The van der Waals surface area contributed by atoms with E-state index in [0.717, 1.165) is 13.0 Å². The Bertz CT molecular complexity index is 171. The molecule has 0 radical (unpaired) electrons. The fraction of sp³-hybridized carbons (Fsp3) is 1.00. The molecular weight excluding hydrogens is 174 g/mol. The summed E-state index contributed by atoms with van der Waals surface area (Å²) in [7, 11) is 0. The van der Waals surface area contributed by atoms with Crippen molar-refractivity contribution in [2.75, 3.05) is 19.6 Å². The zero-order valence-electron chi connectivity index (χ0n) is 10.1. The van der Waals surface area contributed by atoms with E-state index in [1.54, 1.807) is 0 Å². The minimum atomic E-state index is -0.507. The molecule has 0 amide bonds. The molecule has 1 aliphatic rings. The van der Waals surface area contributed by atoms with Gasteiger partial charge in [-0.05, 0) is 51.6 Å². The van der Waals surface area contributed by atoms with Crippen molar-refractivity contribution in [1.82, 2.24) is 4.90 Å². The summed E-state index contributed by atoms with van der Waals surface area (Å²) < 4.78 is 0. The second-order valence-corrected chi connectivity index (χ2v) is 6.07. The van der Waals surface area contributed by atoms with E-state index < -0.39 is 5.60 Å². The Morgan fingerprint density at radius 2 is 1.71 bits per heavy atom. The lowest BCUT2D eigenvalue weighted by Gasteiger charge is -2.37. The van der Waals surface area contributed by atoms with Crippen molar-refractivity contribution >= 4 is 0 Å². The lowest BCUT2D eigenvalue weighted by molar-refractivity contribution is 0.0467. The van der Waals surface area contributed by atoms with Crippen LogP contribution in [0.5, 0.6) is 0 Å². The lowest BCUT2D eigenvalue weighted by Crippen LogP contribution is -2.39. The summed E-state index contributed by atoms with van der Waals surface area (Å²) >= 11 is 0. The predicted octanol–water partition coefficient (Wildman–Crippen LogP) is 2.27. The van der Waals surface area contributed by atoms with Gasteiger partial charge in [0.15, 0.2) is 0 Å². The second-order valence-electron chi connectivity index (χ2n) is 6.07. The Kier molecular flexibility index (Phi) is 3.59. The Morgan fingerprint density at radius 3 is 2.14 bits per heavy atom. The number of nitrogens with zero attached hydrogens (tertiary/aromatic N) is 1. The van der Waals surface area contributed by atoms with Crippen LogP contribution in [-0.2, 0) is 0 Å². The summed E-state index contributed by atoms with van der Waals surface area (Å²) in [6.07, 6.45) is 3.46. The van der Waals surface area contributed by atoms with Crippen molar-refractivity contribution < 1.29 is 5.11 Å². The van der Waals surface area contributed by atoms with Crippen molar-refractivity contribution in [3.63, 3.8) is 0 Å². The van der Waals surface area contributed by atoms with E-state index in [-0.39, 0.29) is 0 Å². The van der Waals surface area contributed by atoms with Crippen molar-refractivity contribution in [3.8, 4) is 0 Å². The molecule has 14 heavy (non-hydrogen) atoms. The number of hydrogen-bond donors (Lipinski definition) is 1. The summed E-state index contributed by atoms with van der Waals surface area (Å²) in [5.41, 5.74) is 0.0260. The molecule has 0 atom stereocenters. The van der Waals surface area contributed by atoms with Crippen LogP contribution in [0.3, 0.4) is 0 Å². The van der Waals surface area contributed by atoms with E-state index in [1.165, 1.54) is 25.9 Å². The third-order valence-electron chi connectivity index (χ3n) is 3.25. The van der Waals surface area contributed by atoms with Gasteiger partial charge in [-0.2, -0.15) is 0 Å². The highest BCUT2D eigenvalue weighted by atomic mass is 16.3. The van der Waals surface area contributed by atoms with Crippen molar-refractivity contribution in [2.45, 2.75) is 52.6 Å². The van der Waals surface area contributed by atoms with Crippen LogP contribution in [-0.4, -0.2) is 35.2 Å². The van der Waals surface area contributed by atoms with E-state index in [9.17, 15) is 5.11 Å². The molecule has 0 aromatic rings. The van der Waals surface area contributed by atoms with Gasteiger partial charge in [0.05, 0.1) is 5.60 Å². The average molecular weight is 199 g/mol. The molecule has 1 fully saturated rings. The van der Waals surface area contributed by atoms with Gasteiger partial charge in [-0.25, -0.2) is 0 Å². The van der Waals surface area contributed by atoms with Crippen LogP contribution in [0.4, 0.5) is 0 Å². The SMILES string of the molecule is CC(C)(O)CCN1CCC(C)(C)CC1. The Morgan fingerprint density at radius 1 is 1.21 bits per heavy atom. The van der Waals surface area contributed by atoms with Crippen LogP contribution in [0.25, 0.3) is 0 Å². The summed E-state index contributed by atoms with van der Waals surface area (Å²) in [6.45, 7) is 11.9. The highest BCUT2D eigenvalue weighted by Gasteiger charge is 2.25. The number of aliphatic hydroxyl groups is 1. The van der Waals surface area contributed by atoms with Crippen LogP contribution in [0.2, 0.25) is 0 Å². The summed E-state index contributed by atoms with van der Waals surface area (Å²) in [6, 6.07) is 0. The maximum Gasteiger partial charge on any atom is 0.0603 e. The minimum absolute atomic E-state index is 0.507. The Balaban J connectivity index is 2.23. The first-order chi connectivity index (χ1) is 6.29. The number of piperidine rings is 1. The van der Waals surface area contributed by atoms with Gasteiger partial charge < -0.3 is 10.0 Å². The Labute approximate surface area is 88.3 Å². The Hall–Kier alpha value is -0.0800. The zero-order chi connectivity index (χ0) is 10.8. The van der Waals surface area contributed by atoms with Gasteiger partial charge in [0.25, 0.3) is 0 Å². The fourth-order valence-corrected chi connectivity index (χ4v) is 1.81. The molecule has 2 nitrogen and oxygen atoms in total. The first-order valence-corrected chi connectivity index (χ1v) is 5.73. The molecule has 1 N–H and O–H groups in total. The molecule has 0 aromatic carbocycles. The van der Waals surface area contributed by atoms with Crippen molar-refractivity contribution in [1.29, 1.82) is 0 Å². The smallest absolute Gasteiger partial charge is 0.0603 e. The van der Waals surface area contributed by atoms with Gasteiger partial charge in [-0.3, -0.25) is 0 Å². The standard InChI is InChI=1S/C12H25NO/c1-11(2)5-8-13(9-6-11)10-7-12(3,4)14/h14H,5-10H2,1-4H3. The van der Waals surface area contributed by atoms with Gasteiger partial charge >= 0.3 is 0 Å². The molecule has 0 saturated carbocycles. The zero-order valence-corrected chi connectivity index (χ0v) is 10.1. The van der Waals surface area contributed by atoms with Gasteiger partial charge in [0.2, 0.25) is 0 Å². The number of rotatable bonds is 3. The molecule has 1 saturated heterocycles. The van der Waals surface area contributed by atoms with Crippen LogP contribution in [0, 0.1) is 5.41 Å². The van der Waals surface area contributed by atoms with Crippen LogP contribution in [0.15, 0.2) is 0 Å². The first-order valence-electron chi connectivity index (χ1n) is 5.73. The summed E-state index contributed by atoms with van der Waals surface area (Å²) in [4.78, 5) is 2.48. The van der Waals surface area contributed by atoms with E-state index in [2.05, 4.69) is 18.7 Å². The molecule has 0 bridgehead atoms. The number of likely N-dealkylation sites (tertiary alicyclic amines) is 1. The molecular formula is C12H25NO. The molecule has 0 unspecified atom stereocenters. The number of hydrogen-bond acceptors (Lipinski definition) is 2. The van der Waals surface area contributed by atoms with Crippen LogP contribution >= 0.6 is 0 Å². The maximum absolute atomic E-state index is 9.62. The third kappa shape index (κ3) is 4.43. The molecule has 84 valence electrons. The second kappa shape index (κ2) is 4.19. The van der Waals surface area contributed by atoms with E-state index in [4.69, 9.17) is 0 Å². The molecule has 0 aliphatic carbocycles. The molecule has 1 heterocycles. The summed E-state index contributed by atoms with van der Waals surface area (Å²) in [5, 5.41) is 9.62. The van der Waals surface area contributed by atoms with Gasteiger partial charge in [0, 0.05) is 6.54 Å². The third-order valence-corrected chi connectivity index (χ3v) is 3.25. The van der Waals surface area contributed by atoms with E-state index in [0.29, 0.717) is 5.41 Å². The quantitative estimate of drug-likeness (QED) is 0.753. The molecule has 2 heteroatoms. The van der Waals surface area contributed by atoms with Crippen LogP contribution < -0.4 is 0 Å². The largest absolute Gasteiger partial charge is 0.390 e. The molecule has 1 aliphatic heterocycles. The van der Waals surface area contributed by atoms with Gasteiger partial charge in [-0.15, -0.1) is 0 Å². The van der Waals surface area contributed by atoms with Gasteiger partial charge in [-0.1, -0.05) is 13.8 Å². The first kappa shape index (κ1) is 12.0. The minimum Gasteiger partial charge on any atom is -0.390 e. The van der Waals surface area contributed by atoms with E-state index >= 15 is 0 Å². The lowest BCUT2D eigenvalue weighted by atomic mass is 9.82. The molecule has 1 rings (SSSR count). The highest BCUT2D eigenvalue weighted by molar-refractivity contribution is 4.79. The summed E-state index contributed by atoms with van der Waals surface area (Å²) in [5.74, 6) is 0. The normalized spacial score (nSPS) is 23.8. The monoisotopic (exact) mass is 199 g/mol. The topological polar surface area (TPSA) is 23.5 Å². The van der Waals surface area contributed by atoms with Crippen molar-refractivity contribution in [3.05, 3.63) is 0 Å².